The predicted molar refractivity (Wildman–Crippen MR) is 69.5 cm³/mol. The van der Waals surface area contributed by atoms with Gasteiger partial charge in [0.05, 0.1) is 16.9 Å². The molecule has 21 heavy (non-hydrogen) atoms. The van der Waals surface area contributed by atoms with Crippen LogP contribution >= 0.6 is 0 Å². The average molecular weight is 299 g/mol. The monoisotopic (exact) mass is 299 g/mol. The molecule has 0 bridgehead atoms. The SMILES string of the molecule is Cc1nn(C)c(NC(=O)c2ccc(C(F)(F)F)cn2)c1N. The number of nitrogens with zero attached hydrogens (tertiary/aromatic N) is 3. The third-order valence-corrected chi connectivity index (χ3v) is 2.82. The van der Waals surface area contributed by atoms with Crippen molar-refractivity contribution in [2.24, 2.45) is 7.05 Å². The second-order valence-corrected chi connectivity index (χ2v) is 4.36. The van der Waals surface area contributed by atoms with E-state index in [-0.39, 0.29) is 17.2 Å². The lowest BCUT2D eigenvalue weighted by molar-refractivity contribution is -0.137. The van der Waals surface area contributed by atoms with Gasteiger partial charge in [0.2, 0.25) is 0 Å². The smallest absolute Gasteiger partial charge is 0.394 e. The van der Waals surface area contributed by atoms with Gasteiger partial charge in [0, 0.05) is 13.2 Å². The number of amides is 1. The van der Waals surface area contributed by atoms with Gasteiger partial charge in [-0.1, -0.05) is 0 Å². The van der Waals surface area contributed by atoms with E-state index in [0.29, 0.717) is 11.9 Å². The van der Waals surface area contributed by atoms with Gasteiger partial charge in [-0.25, -0.2) is 0 Å². The number of aryl methyl sites for hydroxylation is 2. The van der Waals surface area contributed by atoms with Crippen molar-refractivity contribution in [3.05, 3.63) is 35.3 Å². The van der Waals surface area contributed by atoms with Crippen LogP contribution < -0.4 is 11.1 Å². The minimum absolute atomic E-state index is 0.152. The number of nitrogens with one attached hydrogen (secondary N) is 1. The molecular formula is C12H12F3N5O. The summed E-state index contributed by atoms with van der Waals surface area (Å²) in [4.78, 5) is 15.4. The molecule has 0 atom stereocenters. The number of alkyl halides is 3. The number of anilines is 2. The van der Waals surface area contributed by atoms with Crippen LogP contribution in [0, 0.1) is 6.92 Å². The van der Waals surface area contributed by atoms with Crippen LogP contribution in [0.3, 0.4) is 0 Å². The molecule has 0 unspecified atom stereocenters. The molecule has 0 fully saturated rings. The quantitative estimate of drug-likeness (QED) is 0.887. The summed E-state index contributed by atoms with van der Waals surface area (Å²) in [6.07, 6.45) is -3.89. The highest BCUT2D eigenvalue weighted by atomic mass is 19.4. The third kappa shape index (κ3) is 2.96. The molecule has 0 aliphatic heterocycles. The van der Waals surface area contributed by atoms with Crippen LogP contribution in [0.4, 0.5) is 24.7 Å². The lowest BCUT2D eigenvalue weighted by Crippen LogP contribution is -2.17. The fourth-order valence-corrected chi connectivity index (χ4v) is 1.69. The zero-order chi connectivity index (χ0) is 15.8. The number of carbonyl (C=O) groups is 1. The first-order chi connectivity index (χ1) is 9.70. The van der Waals surface area contributed by atoms with Crippen LogP contribution in [0.2, 0.25) is 0 Å². The fraction of sp³-hybridized carbons (Fsp3) is 0.250. The molecule has 3 N–H and O–H groups in total. The molecule has 0 saturated carbocycles. The molecule has 1 amide bonds. The molecular weight excluding hydrogens is 287 g/mol. The summed E-state index contributed by atoms with van der Waals surface area (Å²) < 4.78 is 38.6. The Labute approximate surface area is 117 Å². The number of halogens is 3. The summed E-state index contributed by atoms with van der Waals surface area (Å²) in [5.41, 5.74) is 5.50. The van der Waals surface area contributed by atoms with Gasteiger partial charge in [0.15, 0.2) is 5.82 Å². The Balaban J connectivity index is 2.21. The normalized spacial score (nSPS) is 11.5. The number of aromatic nitrogens is 3. The standard InChI is InChI=1S/C12H12F3N5O/c1-6-9(16)10(20(2)19-6)18-11(21)8-4-3-7(5-17-8)12(13,14)15/h3-5H,16H2,1-2H3,(H,18,21). The Hall–Kier alpha value is -2.58. The van der Waals surface area contributed by atoms with E-state index in [0.717, 1.165) is 12.1 Å². The zero-order valence-corrected chi connectivity index (χ0v) is 11.2. The Morgan fingerprint density at radius 1 is 1.38 bits per heavy atom. The summed E-state index contributed by atoms with van der Waals surface area (Å²) in [6.45, 7) is 1.67. The van der Waals surface area contributed by atoms with Crippen molar-refractivity contribution in [3.63, 3.8) is 0 Å². The van der Waals surface area contributed by atoms with E-state index in [1.54, 1.807) is 14.0 Å². The largest absolute Gasteiger partial charge is 0.417 e. The Bertz CT molecular complexity index is 675. The third-order valence-electron chi connectivity index (χ3n) is 2.82. The lowest BCUT2D eigenvalue weighted by Gasteiger charge is -2.08. The van der Waals surface area contributed by atoms with E-state index in [1.807, 2.05) is 0 Å². The first-order valence-electron chi connectivity index (χ1n) is 5.84. The van der Waals surface area contributed by atoms with Crippen molar-refractivity contribution in [3.8, 4) is 0 Å². The molecule has 6 nitrogen and oxygen atoms in total. The minimum atomic E-state index is -4.49. The molecule has 0 saturated heterocycles. The van der Waals surface area contributed by atoms with Crippen LogP contribution in [0.25, 0.3) is 0 Å². The highest BCUT2D eigenvalue weighted by Crippen LogP contribution is 2.28. The molecule has 112 valence electrons. The number of pyridine rings is 1. The summed E-state index contributed by atoms with van der Waals surface area (Å²) in [5, 5.41) is 6.48. The van der Waals surface area contributed by atoms with Gasteiger partial charge in [-0.3, -0.25) is 14.5 Å². The second kappa shape index (κ2) is 5.08. The average Bonchev–Trinajstić information content (AvgIpc) is 2.64. The maximum Gasteiger partial charge on any atom is 0.417 e. The van der Waals surface area contributed by atoms with E-state index >= 15 is 0 Å². The fourth-order valence-electron chi connectivity index (χ4n) is 1.69. The van der Waals surface area contributed by atoms with Crippen LogP contribution in [0.15, 0.2) is 18.3 Å². The van der Waals surface area contributed by atoms with Gasteiger partial charge in [-0.05, 0) is 19.1 Å². The summed E-state index contributed by atoms with van der Waals surface area (Å²) in [6, 6.07) is 1.79. The van der Waals surface area contributed by atoms with Gasteiger partial charge in [-0.2, -0.15) is 18.3 Å². The molecule has 2 rings (SSSR count). The Morgan fingerprint density at radius 2 is 2.05 bits per heavy atom. The van der Waals surface area contributed by atoms with Gasteiger partial charge < -0.3 is 11.1 Å². The van der Waals surface area contributed by atoms with Crippen molar-refractivity contribution in [1.29, 1.82) is 0 Å². The van der Waals surface area contributed by atoms with Crippen molar-refractivity contribution >= 4 is 17.4 Å². The molecule has 0 aliphatic carbocycles. The molecule has 0 radical (unpaired) electrons. The molecule has 9 heteroatoms. The molecule has 0 aromatic carbocycles. The second-order valence-electron chi connectivity index (χ2n) is 4.36. The number of nitrogen functional groups attached to an aromatic ring is 1. The Kier molecular flexibility index (Phi) is 3.58. The van der Waals surface area contributed by atoms with E-state index in [2.05, 4.69) is 15.4 Å². The van der Waals surface area contributed by atoms with E-state index in [9.17, 15) is 18.0 Å². The summed E-state index contributed by atoms with van der Waals surface area (Å²) in [7, 11) is 1.58. The van der Waals surface area contributed by atoms with Crippen molar-refractivity contribution in [1.82, 2.24) is 14.8 Å². The number of hydrogen-bond donors (Lipinski definition) is 2. The van der Waals surface area contributed by atoms with Crippen molar-refractivity contribution in [2.45, 2.75) is 13.1 Å². The summed E-state index contributed by atoms with van der Waals surface area (Å²) in [5.74, 6) is -0.405. The number of rotatable bonds is 2. The van der Waals surface area contributed by atoms with Gasteiger partial charge >= 0.3 is 6.18 Å². The molecule has 0 spiro atoms. The number of nitrogens with two attached hydrogens (primary N) is 1. The summed E-state index contributed by atoms with van der Waals surface area (Å²) >= 11 is 0. The van der Waals surface area contributed by atoms with Crippen molar-refractivity contribution < 1.29 is 18.0 Å². The van der Waals surface area contributed by atoms with E-state index in [4.69, 9.17) is 5.73 Å². The number of hydrogen-bond acceptors (Lipinski definition) is 4. The highest BCUT2D eigenvalue weighted by molar-refractivity contribution is 6.03. The van der Waals surface area contributed by atoms with Gasteiger partial charge in [0.1, 0.15) is 5.69 Å². The number of carbonyl (C=O) groups excluding carboxylic acids is 1. The zero-order valence-electron chi connectivity index (χ0n) is 11.2. The first kappa shape index (κ1) is 14.8. The molecule has 0 aliphatic rings. The highest BCUT2D eigenvalue weighted by Gasteiger charge is 2.31. The maximum atomic E-state index is 12.4. The topological polar surface area (TPSA) is 85.8 Å². The molecule has 2 aromatic heterocycles. The minimum Gasteiger partial charge on any atom is -0.394 e. The lowest BCUT2D eigenvalue weighted by atomic mass is 10.2. The van der Waals surface area contributed by atoms with Crippen LogP contribution in [0.5, 0.6) is 0 Å². The molecule has 2 heterocycles. The molecule has 2 aromatic rings. The van der Waals surface area contributed by atoms with E-state index in [1.165, 1.54) is 4.68 Å². The Morgan fingerprint density at radius 3 is 2.48 bits per heavy atom. The predicted octanol–water partition coefficient (Wildman–Crippen LogP) is 1.98. The first-order valence-corrected chi connectivity index (χ1v) is 5.84. The van der Waals surface area contributed by atoms with Crippen LogP contribution in [-0.4, -0.2) is 20.7 Å². The van der Waals surface area contributed by atoms with Crippen LogP contribution in [0.1, 0.15) is 21.7 Å². The van der Waals surface area contributed by atoms with E-state index < -0.39 is 17.6 Å². The maximum absolute atomic E-state index is 12.4. The van der Waals surface area contributed by atoms with Gasteiger partial charge in [0.25, 0.3) is 5.91 Å². The van der Waals surface area contributed by atoms with Crippen LogP contribution in [-0.2, 0) is 13.2 Å². The van der Waals surface area contributed by atoms with Gasteiger partial charge in [-0.15, -0.1) is 0 Å². The van der Waals surface area contributed by atoms with Crippen molar-refractivity contribution in [2.75, 3.05) is 11.1 Å².